The maximum Gasteiger partial charge on any atom is 0.333 e. The molecule has 7 nitrogen and oxygen atoms in total. The quantitative estimate of drug-likeness (QED) is 0.370. The first kappa shape index (κ1) is 27.8. The number of amides is 2. The molecule has 1 atom stereocenters. The number of urea groups is 1. The summed E-state index contributed by atoms with van der Waals surface area (Å²) >= 11 is 12.1. The van der Waals surface area contributed by atoms with E-state index in [0.29, 0.717) is 48.6 Å². The fourth-order valence-corrected chi connectivity index (χ4v) is 4.01. The number of aliphatic carboxylic acids is 1. The molecule has 0 heterocycles. The average molecular weight is 511 g/mol. The van der Waals surface area contributed by atoms with E-state index in [1.54, 1.807) is 30.0 Å². The molecule has 0 aliphatic carbocycles. The summed E-state index contributed by atoms with van der Waals surface area (Å²) in [6, 6.07) is 12.5. The monoisotopic (exact) mass is 510 g/mol. The zero-order valence-electron chi connectivity index (χ0n) is 19.6. The second-order valence-corrected chi connectivity index (χ2v) is 8.56. The Balaban J connectivity index is 1.86. The van der Waals surface area contributed by atoms with Crippen molar-refractivity contribution in [1.29, 1.82) is 0 Å². The Kier molecular flexibility index (Phi) is 12.0. The molecule has 2 amide bonds. The van der Waals surface area contributed by atoms with E-state index in [4.69, 9.17) is 32.7 Å². The zero-order chi connectivity index (χ0) is 24.9. The Hall–Kier alpha value is -2.48. The molecule has 1 unspecified atom stereocenters. The van der Waals surface area contributed by atoms with E-state index in [0.717, 1.165) is 24.0 Å². The van der Waals surface area contributed by atoms with Gasteiger partial charge in [0.2, 0.25) is 0 Å². The highest BCUT2D eigenvalue weighted by Crippen LogP contribution is 2.20. The molecule has 0 fully saturated rings. The number of carboxylic acid groups (broad SMARTS) is 1. The van der Waals surface area contributed by atoms with E-state index in [1.165, 1.54) is 0 Å². The summed E-state index contributed by atoms with van der Waals surface area (Å²) in [6.45, 7) is 5.85. The summed E-state index contributed by atoms with van der Waals surface area (Å²) in [6.07, 6.45) is 0.919. The maximum atomic E-state index is 12.4. The number of carboxylic acids is 1. The molecule has 2 N–H and O–H groups in total. The van der Waals surface area contributed by atoms with Crippen molar-refractivity contribution in [1.82, 2.24) is 10.2 Å². The van der Waals surface area contributed by atoms with Gasteiger partial charge in [-0.25, -0.2) is 9.59 Å². The van der Waals surface area contributed by atoms with Gasteiger partial charge in [-0.05, 0) is 68.1 Å². The molecule has 0 saturated carbocycles. The molecular formula is C25H32Cl2N2O5. The minimum Gasteiger partial charge on any atom is -0.492 e. The van der Waals surface area contributed by atoms with Gasteiger partial charge in [0.15, 0.2) is 6.10 Å². The summed E-state index contributed by atoms with van der Waals surface area (Å²) in [5, 5.41) is 13.3. The van der Waals surface area contributed by atoms with Crippen LogP contribution < -0.4 is 10.1 Å². The van der Waals surface area contributed by atoms with E-state index in [9.17, 15) is 14.7 Å². The molecule has 34 heavy (non-hydrogen) atoms. The van der Waals surface area contributed by atoms with Crippen LogP contribution in [0.2, 0.25) is 10.0 Å². The third kappa shape index (κ3) is 9.79. The van der Waals surface area contributed by atoms with Crippen molar-refractivity contribution in [2.75, 3.05) is 32.8 Å². The number of benzene rings is 2. The fraction of sp³-hybridized carbons (Fsp3) is 0.440. The van der Waals surface area contributed by atoms with Gasteiger partial charge in [-0.15, -0.1) is 0 Å². The van der Waals surface area contributed by atoms with E-state index >= 15 is 0 Å². The van der Waals surface area contributed by atoms with Crippen molar-refractivity contribution in [3.63, 3.8) is 0 Å². The summed E-state index contributed by atoms with van der Waals surface area (Å²) in [5.41, 5.74) is 1.87. The molecule has 0 spiro atoms. The number of hydrogen-bond acceptors (Lipinski definition) is 4. The lowest BCUT2D eigenvalue weighted by molar-refractivity contribution is -0.149. The topological polar surface area (TPSA) is 88.1 Å². The van der Waals surface area contributed by atoms with E-state index in [1.807, 2.05) is 31.2 Å². The van der Waals surface area contributed by atoms with Crippen LogP contribution in [0.4, 0.5) is 4.79 Å². The van der Waals surface area contributed by atoms with E-state index in [2.05, 4.69) is 5.32 Å². The molecule has 0 saturated heterocycles. The minimum absolute atomic E-state index is 0.138. The number of nitrogens with zero attached hydrogens (tertiary/aromatic N) is 1. The zero-order valence-corrected chi connectivity index (χ0v) is 21.1. The highest BCUT2D eigenvalue weighted by atomic mass is 35.5. The highest BCUT2D eigenvalue weighted by Gasteiger charge is 2.18. The van der Waals surface area contributed by atoms with Gasteiger partial charge in [0, 0.05) is 36.2 Å². The van der Waals surface area contributed by atoms with Gasteiger partial charge in [-0.2, -0.15) is 0 Å². The lowest BCUT2D eigenvalue weighted by atomic mass is 10.1. The number of ether oxygens (including phenoxy) is 2. The van der Waals surface area contributed by atoms with Gasteiger partial charge in [-0.1, -0.05) is 35.3 Å². The number of halogens is 2. The predicted octanol–water partition coefficient (Wildman–Crippen LogP) is 5.07. The first-order valence-electron chi connectivity index (χ1n) is 11.4. The van der Waals surface area contributed by atoms with Gasteiger partial charge in [0.05, 0.1) is 6.54 Å². The Morgan fingerprint density at radius 3 is 2.29 bits per heavy atom. The highest BCUT2D eigenvalue weighted by molar-refractivity contribution is 6.34. The molecule has 9 heteroatoms. The Morgan fingerprint density at radius 1 is 1.03 bits per heavy atom. The van der Waals surface area contributed by atoms with Crippen LogP contribution in [0.1, 0.15) is 31.4 Å². The minimum atomic E-state index is -0.980. The first-order chi connectivity index (χ1) is 16.3. The number of rotatable bonds is 14. The van der Waals surface area contributed by atoms with Crippen LogP contribution in [-0.4, -0.2) is 61.0 Å². The molecule has 0 aliphatic heterocycles. The fourth-order valence-electron chi connectivity index (χ4n) is 3.44. The van der Waals surface area contributed by atoms with Crippen molar-refractivity contribution >= 4 is 35.2 Å². The largest absolute Gasteiger partial charge is 0.492 e. The van der Waals surface area contributed by atoms with Crippen molar-refractivity contribution in [2.24, 2.45) is 0 Å². The summed E-state index contributed by atoms with van der Waals surface area (Å²) in [5.74, 6) is -0.331. The second kappa shape index (κ2) is 14.7. The predicted molar refractivity (Wildman–Crippen MR) is 134 cm³/mol. The lowest BCUT2D eigenvalue weighted by Gasteiger charge is -2.23. The smallest absolute Gasteiger partial charge is 0.333 e. The average Bonchev–Trinajstić information content (AvgIpc) is 2.78. The summed E-state index contributed by atoms with van der Waals surface area (Å²) < 4.78 is 11.1. The van der Waals surface area contributed by atoms with Crippen molar-refractivity contribution in [3.8, 4) is 5.75 Å². The normalized spacial score (nSPS) is 11.6. The van der Waals surface area contributed by atoms with Crippen LogP contribution in [0, 0.1) is 0 Å². The van der Waals surface area contributed by atoms with Gasteiger partial charge in [-0.3, -0.25) is 0 Å². The van der Waals surface area contributed by atoms with Gasteiger partial charge in [0.1, 0.15) is 12.4 Å². The van der Waals surface area contributed by atoms with Crippen LogP contribution in [0.25, 0.3) is 0 Å². The molecule has 0 radical (unpaired) electrons. The Morgan fingerprint density at radius 2 is 1.71 bits per heavy atom. The molecule has 0 aromatic heterocycles. The molecule has 2 aromatic rings. The molecular weight excluding hydrogens is 479 g/mol. The number of hydrogen-bond donors (Lipinski definition) is 2. The molecule has 2 rings (SSSR count). The maximum absolute atomic E-state index is 12.4. The molecule has 186 valence electrons. The van der Waals surface area contributed by atoms with E-state index in [-0.39, 0.29) is 12.5 Å². The number of aryl methyl sites for hydroxylation is 1. The van der Waals surface area contributed by atoms with Crippen LogP contribution in [-0.2, 0) is 22.4 Å². The number of carbonyl (C=O) groups is 2. The Bertz CT molecular complexity index is 904. The van der Waals surface area contributed by atoms with Crippen LogP contribution in [0.15, 0.2) is 42.5 Å². The van der Waals surface area contributed by atoms with Gasteiger partial charge in [0.25, 0.3) is 0 Å². The van der Waals surface area contributed by atoms with Crippen molar-refractivity contribution in [2.45, 2.75) is 39.2 Å². The van der Waals surface area contributed by atoms with Crippen LogP contribution in [0.5, 0.6) is 5.75 Å². The van der Waals surface area contributed by atoms with Crippen molar-refractivity contribution in [3.05, 3.63) is 63.6 Å². The Labute approximate surface area is 210 Å². The van der Waals surface area contributed by atoms with Crippen LogP contribution in [0.3, 0.4) is 0 Å². The third-order valence-corrected chi connectivity index (χ3v) is 5.49. The molecule has 2 aromatic carbocycles. The van der Waals surface area contributed by atoms with Crippen molar-refractivity contribution < 1.29 is 24.2 Å². The van der Waals surface area contributed by atoms with Crippen LogP contribution >= 0.6 is 23.2 Å². The number of nitrogens with one attached hydrogen (secondary N) is 1. The summed E-state index contributed by atoms with van der Waals surface area (Å²) in [7, 11) is 0. The molecule has 0 bridgehead atoms. The van der Waals surface area contributed by atoms with Gasteiger partial charge < -0.3 is 24.8 Å². The van der Waals surface area contributed by atoms with E-state index < -0.39 is 12.1 Å². The first-order valence-corrected chi connectivity index (χ1v) is 12.1. The second-order valence-electron chi connectivity index (χ2n) is 7.68. The standard InChI is InChI=1S/C25H32Cl2N2O5/c1-3-28-25(32)29(11-5-6-19-14-20(26)17-21(27)15-19)12-13-34-22-9-7-18(8-10-22)16-23(24(30)31)33-4-2/h7-10,14-15,17,23H,3-6,11-13,16H2,1-2H3,(H,28,32)(H,30,31). The SMILES string of the molecule is CCNC(=O)N(CCCc1cc(Cl)cc(Cl)c1)CCOc1ccc(CC(OCC)C(=O)O)cc1. The summed E-state index contributed by atoms with van der Waals surface area (Å²) in [4.78, 5) is 25.4. The van der Waals surface area contributed by atoms with Gasteiger partial charge >= 0.3 is 12.0 Å². The number of carbonyl (C=O) groups excluding carboxylic acids is 1. The lowest BCUT2D eigenvalue weighted by Crippen LogP contribution is -2.42. The molecule has 0 aliphatic rings. The third-order valence-electron chi connectivity index (χ3n) is 5.05.